The SMILES string of the molecule is COCCC(C)(O)CNC(=O)C1CCOCC1. The molecule has 1 unspecified atom stereocenters. The highest BCUT2D eigenvalue weighted by Crippen LogP contribution is 2.15. The molecule has 2 N–H and O–H groups in total. The van der Waals surface area contributed by atoms with Gasteiger partial charge in [0.2, 0.25) is 5.91 Å². The van der Waals surface area contributed by atoms with E-state index in [0.29, 0.717) is 26.2 Å². The minimum Gasteiger partial charge on any atom is -0.388 e. The summed E-state index contributed by atoms with van der Waals surface area (Å²) in [5.74, 6) is 0.0490. The minimum absolute atomic E-state index is 0.0194. The van der Waals surface area contributed by atoms with Crippen LogP contribution in [0.2, 0.25) is 0 Å². The molecule has 0 aromatic carbocycles. The third kappa shape index (κ3) is 5.48. The Labute approximate surface area is 102 Å². The van der Waals surface area contributed by atoms with Gasteiger partial charge in [0.25, 0.3) is 0 Å². The molecule has 0 aliphatic carbocycles. The van der Waals surface area contributed by atoms with E-state index in [2.05, 4.69) is 5.32 Å². The summed E-state index contributed by atoms with van der Waals surface area (Å²) in [5, 5.41) is 12.8. The van der Waals surface area contributed by atoms with Crippen molar-refractivity contribution in [1.29, 1.82) is 0 Å². The number of amides is 1. The molecule has 1 saturated heterocycles. The highest BCUT2D eigenvalue weighted by atomic mass is 16.5. The lowest BCUT2D eigenvalue weighted by atomic mass is 9.98. The first-order valence-corrected chi connectivity index (χ1v) is 6.12. The summed E-state index contributed by atoms with van der Waals surface area (Å²) in [6, 6.07) is 0. The van der Waals surface area contributed by atoms with E-state index in [9.17, 15) is 9.90 Å². The summed E-state index contributed by atoms with van der Waals surface area (Å²) >= 11 is 0. The second-order valence-corrected chi connectivity index (χ2v) is 4.84. The summed E-state index contributed by atoms with van der Waals surface area (Å²) in [7, 11) is 1.59. The van der Waals surface area contributed by atoms with Gasteiger partial charge >= 0.3 is 0 Å². The van der Waals surface area contributed by atoms with Crippen molar-refractivity contribution in [1.82, 2.24) is 5.32 Å². The zero-order valence-corrected chi connectivity index (χ0v) is 10.7. The van der Waals surface area contributed by atoms with Gasteiger partial charge in [-0.3, -0.25) is 4.79 Å². The van der Waals surface area contributed by atoms with E-state index in [1.54, 1.807) is 14.0 Å². The maximum atomic E-state index is 11.8. The Morgan fingerprint density at radius 1 is 1.53 bits per heavy atom. The van der Waals surface area contributed by atoms with Crippen LogP contribution in [0.25, 0.3) is 0 Å². The Kier molecular flexibility index (Phi) is 5.88. The van der Waals surface area contributed by atoms with Crippen LogP contribution in [-0.2, 0) is 14.3 Å². The van der Waals surface area contributed by atoms with E-state index in [1.807, 2.05) is 0 Å². The minimum atomic E-state index is -0.906. The standard InChI is InChI=1S/C12H23NO4/c1-12(15,5-8-16-2)9-13-11(14)10-3-6-17-7-4-10/h10,15H,3-9H2,1-2H3,(H,13,14). The third-order valence-corrected chi connectivity index (χ3v) is 3.08. The van der Waals surface area contributed by atoms with E-state index in [4.69, 9.17) is 9.47 Å². The first kappa shape index (κ1) is 14.4. The fourth-order valence-electron chi connectivity index (χ4n) is 1.79. The molecule has 0 saturated carbocycles. The summed E-state index contributed by atoms with van der Waals surface area (Å²) in [6.07, 6.45) is 2.05. The number of ether oxygens (including phenoxy) is 2. The van der Waals surface area contributed by atoms with Crippen LogP contribution in [0.5, 0.6) is 0 Å². The van der Waals surface area contributed by atoms with Crippen LogP contribution in [-0.4, -0.2) is 50.1 Å². The first-order valence-electron chi connectivity index (χ1n) is 6.12. The van der Waals surface area contributed by atoms with Crippen molar-refractivity contribution in [2.75, 3.05) is 33.5 Å². The molecule has 1 amide bonds. The number of hydrogen-bond acceptors (Lipinski definition) is 4. The van der Waals surface area contributed by atoms with Crippen LogP contribution in [0.4, 0.5) is 0 Å². The maximum absolute atomic E-state index is 11.8. The van der Waals surface area contributed by atoms with Crippen molar-refractivity contribution in [2.45, 2.75) is 31.8 Å². The number of hydrogen-bond donors (Lipinski definition) is 2. The Morgan fingerprint density at radius 3 is 2.76 bits per heavy atom. The lowest BCUT2D eigenvalue weighted by Crippen LogP contribution is -2.44. The number of rotatable bonds is 6. The molecule has 1 rings (SSSR count). The molecule has 5 heteroatoms. The van der Waals surface area contributed by atoms with Crippen molar-refractivity contribution < 1.29 is 19.4 Å². The van der Waals surface area contributed by atoms with Crippen molar-refractivity contribution in [3.63, 3.8) is 0 Å². The Bertz CT molecular complexity index is 237. The van der Waals surface area contributed by atoms with Gasteiger partial charge in [-0.05, 0) is 19.8 Å². The van der Waals surface area contributed by atoms with Gasteiger partial charge in [0, 0.05) is 45.8 Å². The number of carbonyl (C=O) groups is 1. The summed E-state index contributed by atoms with van der Waals surface area (Å²) in [6.45, 7) is 3.76. The Morgan fingerprint density at radius 2 is 2.18 bits per heavy atom. The molecule has 1 aliphatic heterocycles. The van der Waals surface area contributed by atoms with Crippen molar-refractivity contribution in [2.24, 2.45) is 5.92 Å². The molecule has 1 atom stereocenters. The fourth-order valence-corrected chi connectivity index (χ4v) is 1.79. The van der Waals surface area contributed by atoms with Crippen molar-refractivity contribution in [3.8, 4) is 0 Å². The summed E-state index contributed by atoms with van der Waals surface area (Å²) < 4.78 is 10.1. The fraction of sp³-hybridized carbons (Fsp3) is 0.917. The van der Waals surface area contributed by atoms with Crippen LogP contribution < -0.4 is 5.32 Å². The maximum Gasteiger partial charge on any atom is 0.223 e. The smallest absolute Gasteiger partial charge is 0.223 e. The van der Waals surface area contributed by atoms with Crippen LogP contribution in [0.3, 0.4) is 0 Å². The molecule has 0 spiro atoms. The van der Waals surface area contributed by atoms with Crippen LogP contribution in [0, 0.1) is 5.92 Å². The van der Waals surface area contributed by atoms with Crippen LogP contribution >= 0.6 is 0 Å². The molecule has 1 fully saturated rings. The molecule has 0 bridgehead atoms. The molecule has 0 aromatic heterocycles. The van der Waals surface area contributed by atoms with Gasteiger partial charge in [0.05, 0.1) is 5.60 Å². The third-order valence-electron chi connectivity index (χ3n) is 3.08. The summed E-state index contributed by atoms with van der Waals surface area (Å²) in [4.78, 5) is 11.8. The average Bonchev–Trinajstić information content (AvgIpc) is 2.35. The first-order chi connectivity index (χ1) is 8.05. The molecule has 1 heterocycles. The normalized spacial score (nSPS) is 20.9. The van der Waals surface area contributed by atoms with Gasteiger partial charge in [-0.2, -0.15) is 0 Å². The molecular formula is C12H23NO4. The van der Waals surface area contributed by atoms with Gasteiger partial charge in [-0.25, -0.2) is 0 Å². The molecule has 5 nitrogen and oxygen atoms in total. The van der Waals surface area contributed by atoms with Gasteiger partial charge in [0.15, 0.2) is 0 Å². The van der Waals surface area contributed by atoms with Crippen molar-refractivity contribution in [3.05, 3.63) is 0 Å². The summed E-state index contributed by atoms with van der Waals surface area (Å²) in [5.41, 5.74) is -0.906. The molecule has 1 aliphatic rings. The van der Waals surface area contributed by atoms with Gasteiger partial charge in [-0.1, -0.05) is 0 Å². The average molecular weight is 245 g/mol. The van der Waals surface area contributed by atoms with Gasteiger partial charge in [0.1, 0.15) is 0 Å². The van der Waals surface area contributed by atoms with Crippen LogP contribution in [0.15, 0.2) is 0 Å². The number of nitrogens with one attached hydrogen (secondary N) is 1. The van der Waals surface area contributed by atoms with E-state index in [0.717, 1.165) is 12.8 Å². The zero-order chi connectivity index (χ0) is 12.7. The topological polar surface area (TPSA) is 67.8 Å². The highest BCUT2D eigenvalue weighted by Gasteiger charge is 2.25. The second-order valence-electron chi connectivity index (χ2n) is 4.84. The number of methoxy groups -OCH3 is 1. The number of aliphatic hydroxyl groups is 1. The van der Waals surface area contributed by atoms with E-state index in [-0.39, 0.29) is 18.4 Å². The highest BCUT2D eigenvalue weighted by molar-refractivity contribution is 5.78. The Hall–Kier alpha value is -0.650. The monoisotopic (exact) mass is 245 g/mol. The van der Waals surface area contributed by atoms with Gasteiger partial charge in [-0.15, -0.1) is 0 Å². The van der Waals surface area contributed by atoms with Crippen molar-refractivity contribution >= 4 is 5.91 Å². The second kappa shape index (κ2) is 6.93. The van der Waals surface area contributed by atoms with E-state index in [1.165, 1.54) is 0 Å². The molecule has 0 aromatic rings. The zero-order valence-electron chi connectivity index (χ0n) is 10.7. The largest absolute Gasteiger partial charge is 0.388 e. The number of carbonyl (C=O) groups excluding carboxylic acids is 1. The predicted molar refractivity (Wildman–Crippen MR) is 63.7 cm³/mol. The lowest BCUT2D eigenvalue weighted by molar-refractivity contribution is -0.129. The van der Waals surface area contributed by atoms with E-state index < -0.39 is 5.60 Å². The van der Waals surface area contributed by atoms with Gasteiger partial charge < -0.3 is 19.9 Å². The molecule has 0 radical (unpaired) electrons. The molecule has 17 heavy (non-hydrogen) atoms. The van der Waals surface area contributed by atoms with E-state index >= 15 is 0 Å². The van der Waals surface area contributed by atoms with Crippen LogP contribution in [0.1, 0.15) is 26.2 Å². The molecule has 100 valence electrons. The predicted octanol–water partition coefficient (Wildman–Crippen LogP) is 0.317. The molecular weight excluding hydrogens is 222 g/mol. The lowest BCUT2D eigenvalue weighted by Gasteiger charge is -2.26. The Balaban J connectivity index is 2.26. The quantitative estimate of drug-likeness (QED) is 0.707.